The molecule has 27 heavy (non-hydrogen) atoms. The number of rotatable bonds is 8. The van der Waals surface area contributed by atoms with E-state index in [9.17, 15) is 0 Å². The third kappa shape index (κ3) is 4.97. The first-order valence-electron chi connectivity index (χ1n) is 8.66. The standard InChI is InChI=1S/C19H22BrN5O2/c1-4-26-17-10-15(11-21-19-22-23-24-25(19)3)9-16(20)18(17)27-12-14-7-5-6-13(2)8-14/h5-10H,4,11-12H2,1-3H3,(H,21,22,24). The highest BCUT2D eigenvalue weighted by Gasteiger charge is 2.13. The Morgan fingerprint density at radius 3 is 2.70 bits per heavy atom. The molecule has 0 saturated carbocycles. The molecule has 3 rings (SSSR count). The van der Waals surface area contributed by atoms with Gasteiger partial charge in [0.05, 0.1) is 11.1 Å². The van der Waals surface area contributed by atoms with E-state index in [4.69, 9.17) is 9.47 Å². The molecule has 0 bridgehead atoms. The van der Waals surface area contributed by atoms with Crippen molar-refractivity contribution < 1.29 is 9.47 Å². The Hall–Kier alpha value is -2.61. The van der Waals surface area contributed by atoms with Gasteiger partial charge in [-0.1, -0.05) is 34.9 Å². The van der Waals surface area contributed by atoms with E-state index in [2.05, 4.69) is 61.9 Å². The first kappa shape index (κ1) is 19.2. The molecule has 1 heterocycles. The number of hydrogen-bond acceptors (Lipinski definition) is 6. The Bertz CT molecular complexity index is 913. The SMILES string of the molecule is CCOc1cc(CNc2nnnn2C)cc(Br)c1OCc1cccc(C)c1. The molecule has 1 aromatic heterocycles. The van der Waals surface area contributed by atoms with Crippen LogP contribution in [0.4, 0.5) is 5.95 Å². The van der Waals surface area contributed by atoms with Gasteiger partial charge in [0.25, 0.3) is 0 Å². The van der Waals surface area contributed by atoms with Gasteiger partial charge in [-0.25, -0.2) is 4.68 Å². The second-order valence-electron chi connectivity index (χ2n) is 6.10. The highest BCUT2D eigenvalue weighted by atomic mass is 79.9. The van der Waals surface area contributed by atoms with E-state index in [1.807, 2.05) is 25.1 Å². The highest BCUT2D eigenvalue weighted by molar-refractivity contribution is 9.10. The summed E-state index contributed by atoms with van der Waals surface area (Å²) in [6.07, 6.45) is 0. The molecule has 0 saturated heterocycles. The van der Waals surface area contributed by atoms with Gasteiger partial charge in [-0.15, -0.1) is 0 Å². The number of aryl methyl sites for hydroxylation is 2. The summed E-state index contributed by atoms with van der Waals surface area (Å²) in [7, 11) is 1.78. The monoisotopic (exact) mass is 431 g/mol. The van der Waals surface area contributed by atoms with Crippen LogP contribution in [0.15, 0.2) is 40.9 Å². The predicted octanol–water partition coefficient (Wildman–Crippen LogP) is 3.87. The number of aromatic nitrogens is 4. The third-order valence-corrected chi connectivity index (χ3v) is 4.49. The van der Waals surface area contributed by atoms with E-state index in [0.717, 1.165) is 15.6 Å². The molecule has 0 unspecified atom stereocenters. The molecule has 0 radical (unpaired) electrons. The average molecular weight is 432 g/mol. The summed E-state index contributed by atoms with van der Waals surface area (Å²) in [6, 6.07) is 12.2. The molecule has 7 nitrogen and oxygen atoms in total. The maximum absolute atomic E-state index is 6.06. The topological polar surface area (TPSA) is 74.1 Å². The molecule has 0 fully saturated rings. The zero-order valence-electron chi connectivity index (χ0n) is 15.6. The fourth-order valence-corrected chi connectivity index (χ4v) is 3.25. The van der Waals surface area contributed by atoms with E-state index in [1.165, 1.54) is 5.56 Å². The van der Waals surface area contributed by atoms with Crippen molar-refractivity contribution in [2.24, 2.45) is 7.05 Å². The average Bonchev–Trinajstić information content (AvgIpc) is 3.04. The predicted molar refractivity (Wildman–Crippen MR) is 107 cm³/mol. The second kappa shape index (κ2) is 8.85. The van der Waals surface area contributed by atoms with Crippen LogP contribution in [0, 0.1) is 6.92 Å². The lowest BCUT2D eigenvalue weighted by molar-refractivity contribution is 0.267. The minimum Gasteiger partial charge on any atom is -0.490 e. The molecule has 0 aliphatic carbocycles. The molecular weight excluding hydrogens is 410 g/mol. The number of anilines is 1. The van der Waals surface area contributed by atoms with Crippen molar-refractivity contribution in [2.75, 3.05) is 11.9 Å². The number of benzene rings is 2. The molecule has 0 aliphatic heterocycles. The van der Waals surface area contributed by atoms with Crippen LogP contribution in [0.1, 0.15) is 23.6 Å². The van der Waals surface area contributed by atoms with Crippen molar-refractivity contribution in [3.63, 3.8) is 0 Å². The summed E-state index contributed by atoms with van der Waals surface area (Å²) in [6.45, 7) is 5.61. The van der Waals surface area contributed by atoms with Gasteiger partial charge < -0.3 is 14.8 Å². The Morgan fingerprint density at radius 2 is 2.00 bits per heavy atom. The molecule has 2 aromatic carbocycles. The van der Waals surface area contributed by atoms with Gasteiger partial charge in [-0.05, 0) is 63.5 Å². The molecule has 1 N–H and O–H groups in total. The zero-order valence-corrected chi connectivity index (χ0v) is 17.2. The number of nitrogens with zero attached hydrogens (tertiary/aromatic N) is 4. The Morgan fingerprint density at radius 1 is 1.15 bits per heavy atom. The Labute approximate surface area is 166 Å². The quantitative estimate of drug-likeness (QED) is 0.583. The van der Waals surface area contributed by atoms with Crippen LogP contribution in [0.2, 0.25) is 0 Å². The van der Waals surface area contributed by atoms with Gasteiger partial charge >= 0.3 is 0 Å². The number of ether oxygens (including phenoxy) is 2. The lowest BCUT2D eigenvalue weighted by atomic mass is 10.1. The number of tetrazole rings is 1. The van der Waals surface area contributed by atoms with Crippen molar-refractivity contribution in [3.05, 3.63) is 57.6 Å². The lowest BCUT2D eigenvalue weighted by Crippen LogP contribution is -2.07. The van der Waals surface area contributed by atoms with Gasteiger partial charge in [0, 0.05) is 13.6 Å². The normalized spacial score (nSPS) is 10.7. The molecule has 142 valence electrons. The number of hydrogen-bond donors (Lipinski definition) is 1. The minimum atomic E-state index is 0.475. The van der Waals surface area contributed by atoms with Crippen LogP contribution >= 0.6 is 15.9 Å². The number of nitrogens with one attached hydrogen (secondary N) is 1. The van der Waals surface area contributed by atoms with E-state index in [1.54, 1.807) is 11.7 Å². The van der Waals surface area contributed by atoms with Crippen LogP contribution in [-0.4, -0.2) is 26.8 Å². The van der Waals surface area contributed by atoms with Crippen LogP contribution in [-0.2, 0) is 20.2 Å². The summed E-state index contributed by atoms with van der Waals surface area (Å²) >= 11 is 3.61. The lowest BCUT2D eigenvalue weighted by Gasteiger charge is -2.16. The summed E-state index contributed by atoms with van der Waals surface area (Å²) in [5.74, 6) is 2.00. The summed E-state index contributed by atoms with van der Waals surface area (Å²) in [5.41, 5.74) is 3.35. The van der Waals surface area contributed by atoms with Crippen LogP contribution < -0.4 is 14.8 Å². The summed E-state index contributed by atoms with van der Waals surface area (Å²) in [5, 5.41) is 14.5. The van der Waals surface area contributed by atoms with Crippen LogP contribution in [0.25, 0.3) is 0 Å². The molecule has 0 aliphatic rings. The van der Waals surface area contributed by atoms with E-state index < -0.39 is 0 Å². The van der Waals surface area contributed by atoms with E-state index in [0.29, 0.717) is 37.2 Å². The van der Waals surface area contributed by atoms with Gasteiger partial charge in [-0.3, -0.25) is 0 Å². The van der Waals surface area contributed by atoms with Crippen molar-refractivity contribution >= 4 is 21.9 Å². The van der Waals surface area contributed by atoms with Gasteiger partial charge in [0.15, 0.2) is 11.5 Å². The zero-order chi connectivity index (χ0) is 19.2. The van der Waals surface area contributed by atoms with Gasteiger partial charge in [0.2, 0.25) is 5.95 Å². The molecule has 0 atom stereocenters. The fourth-order valence-electron chi connectivity index (χ4n) is 2.64. The summed E-state index contributed by atoms with van der Waals surface area (Å²) in [4.78, 5) is 0. The van der Waals surface area contributed by atoms with Gasteiger partial charge in [0.1, 0.15) is 6.61 Å². The molecule has 3 aromatic rings. The maximum Gasteiger partial charge on any atom is 0.242 e. The summed E-state index contributed by atoms with van der Waals surface area (Å²) < 4.78 is 14.3. The molecule has 8 heteroatoms. The largest absolute Gasteiger partial charge is 0.490 e. The smallest absolute Gasteiger partial charge is 0.242 e. The highest BCUT2D eigenvalue weighted by Crippen LogP contribution is 2.37. The first-order chi connectivity index (χ1) is 13.1. The molecule has 0 spiro atoms. The van der Waals surface area contributed by atoms with E-state index >= 15 is 0 Å². The van der Waals surface area contributed by atoms with Crippen molar-refractivity contribution in [1.82, 2.24) is 20.2 Å². The third-order valence-electron chi connectivity index (χ3n) is 3.91. The molecule has 0 amide bonds. The first-order valence-corrected chi connectivity index (χ1v) is 9.46. The van der Waals surface area contributed by atoms with Crippen molar-refractivity contribution in [1.29, 1.82) is 0 Å². The fraction of sp³-hybridized carbons (Fsp3) is 0.316. The van der Waals surface area contributed by atoms with E-state index in [-0.39, 0.29) is 0 Å². The second-order valence-corrected chi connectivity index (χ2v) is 6.95. The van der Waals surface area contributed by atoms with Crippen molar-refractivity contribution in [2.45, 2.75) is 27.0 Å². The van der Waals surface area contributed by atoms with Crippen LogP contribution in [0.5, 0.6) is 11.5 Å². The number of halogens is 1. The van der Waals surface area contributed by atoms with Crippen molar-refractivity contribution in [3.8, 4) is 11.5 Å². The van der Waals surface area contributed by atoms with Gasteiger partial charge in [-0.2, -0.15) is 0 Å². The molecular formula is C19H22BrN5O2. The minimum absolute atomic E-state index is 0.475. The Kier molecular flexibility index (Phi) is 6.28. The van der Waals surface area contributed by atoms with Crippen LogP contribution in [0.3, 0.4) is 0 Å². The Balaban J connectivity index is 1.76. The maximum atomic E-state index is 6.06.